The Kier molecular flexibility index (Phi) is 3.11. The standard InChI is InChI=1S/C20H18N6/c1-11-6-14(21)9-26-18(11)16(17-19(22)24-10-25-20(17)26)13-7-12-4-2-3-5-15(12)23-8-13/h2-8,10,14H,9,21H2,1H3,(H2,22,24,25). The molecule has 0 radical (unpaired) electrons. The zero-order valence-corrected chi connectivity index (χ0v) is 14.3. The smallest absolute Gasteiger partial charge is 0.146 e. The SMILES string of the molecule is CC1=CC(N)Cn2c1c(-c1cnc3ccccc3c1)c1c(N)ncnc12. The first-order chi connectivity index (χ1) is 12.6. The zero-order chi connectivity index (χ0) is 17.8. The highest BCUT2D eigenvalue weighted by molar-refractivity contribution is 6.06. The van der Waals surface area contributed by atoms with E-state index in [1.54, 1.807) is 0 Å². The second-order valence-corrected chi connectivity index (χ2v) is 6.72. The van der Waals surface area contributed by atoms with Crippen LogP contribution in [0.4, 0.5) is 5.82 Å². The lowest BCUT2D eigenvalue weighted by atomic mass is 9.97. The minimum atomic E-state index is -0.0446. The molecule has 0 saturated carbocycles. The number of fused-ring (bicyclic) bond motifs is 4. The summed E-state index contributed by atoms with van der Waals surface area (Å²) in [5.41, 5.74) is 18.5. The molecule has 0 saturated heterocycles. The van der Waals surface area contributed by atoms with Crippen molar-refractivity contribution >= 4 is 33.3 Å². The summed E-state index contributed by atoms with van der Waals surface area (Å²) >= 11 is 0. The Hall–Kier alpha value is -3.25. The zero-order valence-electron chi connectivity index (χ0n) is 14.3. The van der Waals surface area contributed by atoms with Crippen molar-refractivity contribution in [1.29, 1.82) is 0 Å². The van der Waals surface area contributed by atoms with E-state index in [9.17, 15) is 0 Å². The highest BCUT2D eigenvalue weighted by Crippen LogP contribution is 2.41. The maximum absolute atomic E-state index is 6.26. The fourth-order valence-corrected chi connectivity index (χ4v) is 3.93. The molecule has 0 spiro atoms. The van der Waals surface area contributed by atoms with Crippen LogP contribution in [0.3, 0.4) is 0 Å². The van der Waals surface area contributed by atoms with Crippen molar-refractivity contribution in [3.8, 4) is 11.1 Å². The van der Waals surface area contributed by atoms with Gasteiger partial charge >= 0.3 is 0 Å². The average Bonchev–Trinajstić information content (AvgIpc) is 2.97. The van der Waals surface area contributed by atoms with E-state index in [1.807, 2.05) is 24.4 Å². The minimum Gasteiger partial charge on any atom is -0.383 e. The van der Waals surface area contributed by atoms with Crippen LogP contribution in [-0.2, 0) is 6.54 Å². The molecular formula is C20H18N6. The Morgan fingerprint density at radius 1 is 1.15 bits per heavy atom. The summed E-state index contributed by atoms with van der Waals surface area (Å²) in [7, 11) is 0. The van der Waals surface area contributed by atoms with E-state index < -0.39 is 0 Å². The molecule has 6 nitrogen and oxygen atoms in total. The molecule has 4 heterocycles. The van der Waals surface area contributed by atoms with Gasteiger partial charge in [0.15, 0.2) is 0 Å². The largest absolute Gasteiger partial charge is 0.383 e. The number of hydrogen-bond donors (Lipinski definition) is 2. The van der Waals surface area contributed by atoms with Gasteiger partial charge in [0.25, 0.3) is 0 Å². The molecule has 0 amide bonds. The van der Waals surface area contributed by atoms with E-state index in [0.717, 1.165) is 44.3 Å². The van der Waals surface area contributed by atoms with E-state index in [4.69, 9.17) is 11.5 Å². The molecule has 1 aromatic carbocycles. The molecule has 0 aliphatic carbocycles. The highest BCUT2D eigenvalue weighted by Gasteiger charge is 2.26. The van der Waals surface area contributed by atoms with Gasteiger partial charge in [0.2, 0.25) is 0 Å². The van der Waals surface area contributed by atoms with Gasteiger partial charge in [-0.2, -0.15) is 0 Å². The van der Waals surface area contributed by atoms with Crippen LogP contribution in [0.15, 0.2) is 48.9 Å². The van der Waals surface area contributed by atoms with Crippen LogP contribution in [0, 0.1) is 0 Å². The number of allylic oxidation sites excluding steroid dienone is 1. The van der Waals surface area contributed by atoms with Crippen LogP contribution in [0.2, 0.25) is 0 Å². The van der Waals surface area contributed by atoms with E-state index >= 15 is 0 Å². The first-order valence-electron chi connectivity index (χ1n) is 8.55. The number of anilines is 1. The van der Waals surface area contributed by atoms with Crippen molar-refractivity contribution in [3.63, 3.8) is 0 Å². The molecule has 0 fully saturated rings. The first kappa shape index (κ1) is 15.0. The lowest BCUT2D eigenvalue weighted by Gasteiger charge is -2.21. The lowest BCUT2D eigenvalue weighted by molar-refractivity contribution is 0.625. The van der Waals surface area contributed by atoms with Crippen LogP contribution >= 0.6 is 0 Å². The topological polar surface area (TPSA) is 95.6 Å². The Balaban J connectivity index is 1.91. The molecule has 4 aromatic rings. The normalized spacial score (nSPS) is 16.7. The lowest BCUT2D eigenvalue weighted by Crippen LogP contribution is -2.28. The third-order valence-corrected chi connectivity index (χ3v) is 4.98. The fourth-order valence-electron chi connectivity index (χ4n) is 3.93. The number of hydrogen-bond acceptors (Lipinski definition) is 5. The van der Waals surface area contributed by atoms with Crippen LogP contribution in [-0.4, -0.2) is 25.6 Å². The molecule has 1 aliphatic rings. The van der Waals surface area contributed by atoms with Gasteiger partial charge in [-0.3, -0.25) is 4.98 Å². The van der Waals surface area contributed by atoms with Crippen LogP contribution in [0.25, 0.3) is 38.6 Å². The summed E-state index contributed by atoms with van der Waals surface area (Å²) in [5, 5.41) is 1.95. The van der Waals surface area contributed by atoms with Gasteiger partial charge in [-0.25, -0.2) is 9.97 Å². The van der Waals surface area contributed by atoms with E-state index in [0.29, 0.717) is 12.4 Å². The quantitative estimate of drug-likeness (QED) is 0.554. The molecule has 0 bridgehead atoms. The molecule has 26 heavy (non-hydrogen) atoms. The summed E-state index contributed by atoms with van der Waals surface area (Å²) in [4.78, 5) is 13.4. The van der Waals surface area contributed by atoms with Gasteiger partial charge in [0.1, 0.15) is 17.8 Å². The summed E-state index contributed by atoms with van der Waals surface area (Å²) < 4.78 is 2.15. The molecule has 1 aliphatic heterocycles. The maximum Gasteiger partial charge on any atom is 0.146 e. The fraction of sp³-hybridized carbons (Fsp3) is 0.150. The maximum atomic E-state index is 6.26. The molecule has 3 aromatic heterocycles. The molecule has 5 rings (SSSR count). The Bertz CT molecular complexity index is 1200. The number of pyridine rings is 1. The van der Waals surface area contributed by atoms with Gasteiger partial charge in [-0.1, -0.05) is 24.3 Å². The van der Waals surface area contributed by atoms with E-state index in [1.165, 1.54) is 6.33 Å². The first-order valence-corrected chi connectivity index (χ1v) is 8.55. The van der Waals surface area contributed by atoms with Crippen molar-refractivity contribution in [2.75, 3.05) is 5.73 Å². The van der Waals surface area contributed by atoms with Gasteiger partial charge < -0.3 is 16.0 Å². The summed E-state index contributed by atoms with van der Waals surface area (Å²) in [6.45, 7) is 2.74. The summed E-state index contributed by atoms with van der Waals surface area (Å²) in [6, 6.07) is 10.2. The van der Waals surface area contributed by atoms with E-state index in [-0.39, 0.29) is 6.04 Å². The predicted molar refractivity (Wildman–Crippen MR) is 104 cm³/mol. The van der Waals surface area contributed by atoms with Crippen molar-refractivity contribution in [3.05, 3.63) is 54.6 Å². The third kappa shape index (κ3) is 2.06. The molecule has 4 N–H and O–H groups in total. The van der Waals surface area contributed by atoms with Crippen molar-refractivity contribution in [2.24, 2.45) is 5.73 Å². The number of nitrogen functional groups attached to an aromatic ring is 1. The number of nitrogens with zero attached hydrogens (tertiary/aromatic N) is 4. The number of benzene rings is 1. The summed E-state index contributed by atoms with van der Waals surface area (Å²) in [6.07, 6.45) is 5.49. The second kappa shape index (κ2) is 5.37. The van der Waals surface area contributed by atoms with E-state index in [2.05, 4.69) is 44.7 Å². The Labute approximate surface area is 150 Å². The monoisotopic (exact) mass is 342 g/mol. The van der Waals surface area contributed by atoms with Crippen molar-refractivity contribution in [2.45, 2.75) is 19.5 Å². The van der Waals surface area contributed by atoms with Gasteiger partial charge in [0, 0.05) is 35.3 Å². The minimum absolute atomic E-state index is 0.0446. The average molecular weight is 342 g/mol. The highest BCUT2D eigenvalue weighted by atomic mass is 15.1. The summed E-state index contributed by atoms with van der Waals surface area (Å²) in [5.74, 6) is 0.474. The number of nitrogens with two attached hydrogens (primary N) is 2. The van der Waals surface area contributed by atoms with Gasteiger partial charge in [-0.05, 0) is 24.6 Å². The Morgan fingerprint density at radius 3 is 2.88 bits per heavy atom. The van der Waals surface area contributed by atoms with Crippen molar-refractivity contribution in [1.82, 2.24) is 19.5 Å². The van der Waals surface area contributed by atoms with Crippen LogP contribution in [0.5, 0.6) is 0 Å². The Morgan fingerprint density at radius 2 is 2.00 bits per heavy atom. The predicted octanol–water partition coefficient (Wildman–Crippen LogP) is 2.97. The molecular weight excluding hydrogens is 324 g/mol. The molecule has 6 heteroatoms. The molecule has 128 valence electrons. The third-order valence-electron chi connectivity index (χ3n) is 4.98. The number of para-hydroxylation sites is 1. The van der Waals surface area contributed by atoms with Gasteiger partial charge in [0.05, 0.1) is 16.6 Å². The molecule has 1 unspecified atom stereocenters. The second-order valence-electron chi connectivity index (χ2n) is 6.72. The molecule has 1 atom stereocenters. The number of aromatic nitrogens is 4. The van der Waals surface area contributed by atoms with Crippen molar-refractivity contribution < 1.29 is 0 Å². The van der Waals surface area contributed by atoms with Gasteiger partial charge in [-0.15, -0.1) is 0 Å². The van der Waals surface area contributed by atoms with Crippen LogP contribution in [0.1, 0.15) is 12.6 Å². The van der Waals surface area contributed by atoms with Crippen LogP contribution < -0.4 is 11.5 Å². The number of rotatable bonds is 1.